The fourth-order valence-electron chi connectivity index (χ4n) is 7.45. The summed E-state index contributed by atoms with van der Waals surface area (Å²) in [6.07, 6.45) is 2.24. The molecule has 1 unspecified atom stereocenters. The van der Waals surface area contributed by atoms with E-state index in [4.69, 9.17) is 54.1 Å². The summed E-state index contributed by atoms with van der Waals surface area (Å²) in [4.78, 5) is 62.5. The highest BCUT2D eigenvalue weighted by Crippen LogP contribution is 2.36. The lowest BCUT2D eigenvalue weighted by molar-refractivity contribution is -0.170. The van der Waals surface area contributed by atoms with Crippen LogP contribution in [-0.4, -0.2) is 116 Å². The zero-order valence-electron chi connectivity index (χ0n) is 33.4. The van der Waals surface area contributed by atoms with Crippen molar-refractivity contribution in [1.29, 1.82) is 0 Å². The van der Waals surface area contributed by atoms with Gasteiger partial charge in [-0.25, -0.2) is 4.79 Å². The number of carboxylic acid groups (broad SMARTS) is 3. The van der Waals surface area contributed by atoms with Crippen LogP contribution in [0, 0.1) is 0 Å². The van der Waals surface area contributed by atoms with E-state index in [1.54, 1.807) is 23.3 Å². The fourth-order valence-corrected chi connectivity index (χ4v) is 8.59. The van der Waals surface area contributed by atoms with Gasteiger partial charge in [-0.1, -0.05) is 71.7 Å². The summed E-state index contributed by atoms with van der Waals surface area (Å²) in [5.74, 6) is -5.38. The van der Waals surface area contributed by atoms with Crippen molar-refractivity contribution in [2.45, 2.75) is 61.4 Å². The first kappa shape index (κ1) is 47.6. The highest BCUT2D eigenvalue weighted by molar-refractivity contribution is 7.84. The van der Waals surface area contributed by atoms with Gasteiger partial charge in [0.05, 0.1) is 51.9 Å². The molecule has 60 heavy (non-hydrogen) atoms. The number of amides is 2. The van der Waals surface area contributed by atoms with Crippen LogP contribution in [0.2, 0.25) is 10.0 Å². The second-order valence-electron chi connectivity index (χ2n) is 14.5. The van der Waals surface area contributed by atoms with Crippen molar-refractivity contribution in [2.24, 2.45) is 5.73 Å². The summed E-state index contributed by atoms with van der Waals surface area (Å²) in [7, 11) is 0.429. The Kier molecular flexibility index (Phi) is 17.0. The highest BCUT2D eigenvalue weighted by atomic mass is 35.5. The maximum Gasteiger partial charge on any atom is 0.336 e. The van der Waals surface area contributed by atoms with Crippen LogP contribution < -0.4 is 10.5 Å². The third-order valence-corrected chi connectivity index (χ3v) is 12.3. The fraction of sp³-hybridized carbons (Fsp3) is 0.372. The molecular weight excluding hydrogens is 837 g/mol. The summed E-state index contributed by atoms with van der Waals surface area (Å²) in [5, 5.41) is 36.2. The van der Waals surface area contributed by atoms with Crippen molar-refractivity contribution in [3.63, 3.8) is 0 Å². The van der Waals surface area contributed by atoms with Crippen molar-refractivity contribution in [2.75, 3.05) is 46.1 Å². The van der Waals surface area contributed by atoms with Crippen LogP contribution in [-0.2, 0) is 25.2 Å². The smallest absolute Gasteiger partial charge is 0.336 e. The van der Waals surface area contributed by atoms with Gasteiger partial charge in [-0.3, -0.25) is 23.4 Å². The highest BCUT2D eigenvalue weighted by Gasteiger charge is 2.41. The minimum atomic E-state index is -2.74. The van der Waals surface area contributed by atoms with Crippen molar-refractivity contribution >= 4 is 74.5 Å². The number of piperidine rings is 1. The molecule has 0 bridgehead atoms. The summed E-state index contributed by atoms with van der Waals surface area (Å²) < 4.78 is 18.0. The molecular formula is C43H49Cl2N3O11S. The number of carbonyl (C=O) groups excluding carboxylic acids is 2. The molecule has 0 radical (unpaired) electrons. The standard InChI is InChI=1S/C37H41Cl2N3O4S.C6H8O7/c1-4-42(37(44)34-29-11-6-5-9-26(29)21-30(36(40)43)35(34)46-2)23-27(25-13-14-31(38)32(39)22-25)17-20-41-18-15-24(16-19-41)28-10-7-8-12-33(28)47(3)45;7-3(8)1-6(13,5(11)12)2-4(9)10/h5-14,21-22,24,27H,4,15-20,23H2,1-3H3,(H2,40,43);13H,1-2H2,(H,7,8)(H,9,10)(H,11,12)/t27?,47-;/m0./s1. The number of fused-ring (bicyclic) bond motifs is 1. The monoisotopic (exact) mass is 885 g/mol. The van der Waals surface area contributed by atoms with Crippen LogP contribution in [0.25, 0.3) is 10.8 Å². The third kappa shape index (κ3) is 12.0. The van der Waals surface area contributed by atoms with Gasteiger partial charge in [-0.15, -0.1) is 0 Å². The lowest BCUT2D eigenvalue weighted by atomic mass is 9.88. The number of nitrogens with two attached hydrogens (primary N) is 1. The van der Waals surface area contributed by atoms with Crippen LogP contribution in [0.1, 0.15) is 82.7 Å². The molecule has 4 aromatic carbocycles. The van der Waals surface area contributed by atoms with E-state index in [1.807, 2.05) is 61.5 Å². The quantitative estimate of drug-likeness (QED) is 0.0793. The largest absolute Gasteiger partial charge is 0.495 e. The zero-order chi connectivity index (χ0) is 44.3. The van der Waals surface area contributed by atoms with E-state index in [2.05, 4.69) is 11.0 Å². The van der Waals surface area contributed by atoms with E-state index >= 15 is 0 Å². The van der Waals surface area contributed by atoms with E-state index in [0.29, 0.717) is 40.0 Å². The number of benzene rings is 4. The lowest BCUT2D eigenvalue weighted by Gasteiger charge is -2.34. The number of carboxylic acids is 3. The minimum absolute atomic E-state index is 0.0359. The zero-order valence-corrected chi connectivity index (χ0v) is 35.8. The molecule has 2 atom stereocenters. The SMILES string of the molecule is CCN(CC(CCN1CCC(c2ccccc2[S@](C)=O)CC1)c1ccc(Cl)c(Cl)c1)C(=O)c1c(OC)c(C(N)=O)cc2ccccc12.O=C(O)CC(O)(CC(=O)O)C(=O)O. The van der Waals surface area contributed by atoms with Gasteiger partial charge < -0.3 is 40.7 Å². The molecule has 1 aliphatic heterocycles. The number of likely N-dealkylation sites (N-methyl/N-ethyl adjacent to an activating group) is 1. The minimum Gasteiger partial charge on any atom is -0.495 e. The average Bonchev–Trinajstić information content (AvgIpc) is 3.20. The van der Waals surface area contributed by atoms with Gasteiger partial charge in [0.2, 0.25) is 0 Å². The molecule has 1 saturated heterocycles. The lowest BCUT2D eigenvalue weighted by Crippen LogP contribution is -2.42. The van der Waals surface area contributed by atoms with Gasteiger partial charge in [0, 0.05) is 30.2 Å². The second kappa shape index (κ2) is 21.5. The van der Waals surface area contributed by atoms with Crippen LogP contribution >= 0.6 is 23.2 Å². The third-order valence-electron chi connectivity index (χ3n) is 10.5. The first-order valence-electron chi connectivity index (χ1n) is 19.1. The van der Waals surface area contributed by atoms with E-state index < -0.39 is 53.1 Å². The van der Waals surface area contributed by atoms with Crippen LogP contribution in [0.5, 0.6) is 5.75 Å². The van der Waals surface area contributed by atoms with Gasteiger partial charge in [-0.05, 0) is 97.9 Å². The number of primary amides is 1. The van der Waals surface area contributed by atoms with Gasteiger partial charge in [0.1, 0.15) is 5.75 Å². The maximum atomic E-state index is 14.4. The Hall–Kier alpha value is -5.06. The molecule has 17 heteroatoms. The molecule has 5 rings (SSSR count). The summed E-state index contributed by atoms with van der Waals surface area (Å²) in [6.45, 7) is 5.53. The molecule has 0 saturated carbocycles. The van der Waals surface area contributed by atoms with E-state index in [-0.39, 0.29) is 23.1 Å². The van der Waals surface area contributed by atoms with Crippen molar-refractivity contribution in [3.05, 3.63) is 105 Å². The maximum absolute atomic E-state index is 14.4. The molecule has 0 spiro atoms. The molecule has 14 nitrogen and oxygen atoms in total. The van der Waals surface area contributed by atoms with Crippen LogP contribution in [0.3, 0.4) is 0 Å². The van der Waals surface area contributed by atoms with E-state index in [1.165, 1.54) is 12.7 Å². The van der Waals surface area contributed by atoms with Crippen molar-refractivity contribution in [1.82, 2.24) is 9.80 Å². The van der Waals surface area contributed by atoms with Gasteiger partial charge in [0.25, 0.3) is 11.8 Å². The van der Waals surface area contributed by atoms with Gasteiger partial charge in [0.15, 0.2) is 5.60 Å². The van der Waals surface area contributed by atoms with E-state index in [9.17, 15) is 28.2 Å². The molecule has 4 aromatic rings. The van der Waals surface area contributed by atoms with Crippen LogP contribution in [0.4, 0.5) is 0 Å². The molecule has 2 amide bonds. The Balaban J connectivity index is 0.000000526. The first-order chi connectivity index (χ1) is 28.4. The molecule has 1 aliphatic rings. The number of hydrogen-bond donors (Lipinski definition) is 5. The first-order valence-corrected chi connectivity index (χ1v) is 21.4. The Bertz CT molecular complexity index is 2230. The summed E-state index contributed by atoms with van der Waals surface area (Å²) in [6, 6.07) is 22.9. The molecule has 1 heterocycles. The summed E-state index contributed by atoms with van der Waals surface area (Å²) in [5.41, 5.74) is 5.68. The Morgan fingerprint density at radius 2 is 1.55 bits per heavy atom. The number of methoxy groups -OCH3 is 1. The second-order valence-corrected chi connectivity index (χ2v) is 16.7. The van der Waals surface area contributed by atoms with Crippen LogP contribution in [0.15, 0.2) is 77.7 Å². The molecule has 1 fully saturated rings. The number of aliphatic hydroxyl groups is 1. The average molecular weight is 887 g/mol. The van der Waals surface area contributed by atoms with Crippen molar-refractivity contribution < 1.29 is 53.3 Å². The predicted molar refractivity (Wildman–Crippen MR) is 229 cm³/mol. The Morgan fingerprint density at radius 3 is 2.10 bits per heavy atom. The Morgan fingerprint density at radius 1 is 0.933 bits per heavy atom. The number of rotatable bonds is 17. The van der Waals surface area contributed by atoms with E-state index in [0.717, 1.165) is 54.7 Å². The molecule has 0 aliphatic carbocycles. The number of carbonyl (C=O) groups is 5. The number of aliphatic carboxylic acids is 3. The van der Waals surface area contributed by atoms with Gasteiger partial charge >= 0.3 is 17.9 Å². The number of ether oxygens (including phenoxy) is 1. The number of likely N-dealkylation sites (tertiary alicyclic amines) is 1. The number of hydrogen-bond acceptors (Lipinski definition) is 9. The predicted octanol–water partition coefficient (Wildman–Crippen LogP) is 6.26. The summed E-state index contributed by atoms with van der Waals surface area (Å²) >= 11 is 12.8. The molecule has 0 aromatic heterocycles. The normalized spacial score (nSPS) is 14.4. The topological polar surface area (TPSA) is 225 Å². The number of nitrogens with zero attached hydrogens (tertiary/aromatic N) is 2. The van der Waals surface area contributed by atoms with Crippen molar-refractivity contribution in [3.8, 4) is 5.75 Å². The number of halogens is 2. The van der Waals surface area contributed by atoms with Gasteiger partial charge in [-0.2, -0.15) is 0 Å². The Labute approximate surface area is 360 Å². The molecule has 6 N–H and O–H groups in total. The molecule has 322 valence electrons.